The van der Waals surface area contributed by atoms with Gasteiger partial charge in [0.05, 0.1) is 6.33 Å². The maximum Gasteiger partial charge on any atom is 0.332 e. The Morgan fingerprint density at radius 2 is 1.90 bits per heavy atom. The average molecular weight is 290 g/mol. The summed E-state index contributed by atoms with van der Waals surface area (Å²) in [5.41, 5.74) is 0.482. The molecule has 21 heavy (non-hydrogen) atoms. The molecule has 6 nitrogen and oxygen atoms in total. The molecule has 2 rings (SSSR count). The van der Waals surface area contributed by atoms with Crippen LogP contribution in [0.4, 0.5) is 0 Å². The van der Waals surface area contributed by atoms with E-state index in [2.05, 4.69) is 11.6 Å². The van der Waals surface area contributed by atoms with Crippen molar-refractivity contribution in [3.8, 4) is 0 Å². The topological polar surface area (TPSA) is 61.8 Å². The van der Waals surface area contributed by atoms with Gasteiger partial charge in [-0.05, 0) is 33.1 Å². The fourth-order valence-electron chi connectivity index (χ4n) is 2.54. The Hall–Kier alpha value is -2.11. The Kier molecular flexibility index (Phi) is 4.77. The van der Waals surface area contributed by atoms with E-state index in [1.54, 1.807) is 17.8 Å². The molecule has 0 fully saturated rings. The molecule has 0 N–H and O–H groups in total. The first-order chi connectivity index (χ1) is 10.2. The van der Waals surface area contributed by atoms with Gasteiger partial charge in [-0.3, -0.25) is 13.9 Å². The summed E-state index contributed by atoms with van der Waals surface area (Å²) < 4.78 is 4.69. The van der Waals surface area contributed by atoms with Gasteiger partial charge in [-0.15, -0.1) is 6.58 Å². The Morgan fingerprint density at radius 1 is 1.19 bits per heavy atom. The van der Waals surface area contributed by atoms with E-state index in [9.17, 15) is 9.59 Å². The van der Waals surface area contributed by atoms with Crippen LogP contribution >= 0.6 is 0 Å². The molecule has 2 heterocycles. The molecule has 0 radical (unpaired) electrons. The molecular formula is C15H22N4O2. The molecule has 0 amide bonds. The average Bonchev–Trinajstić information content (AvgIpc) is 2.89. The summed E-state index contributed by atoms with van der Waals surface area (Å²) in [6, 6.07) is 0. The van der Waals surface area contributed by atoms with Gasteiger partial charge in [0.25, 0.3) is 5.56 Å². The van der Waals surface area contributed by atoms with Crippen LogP contribution in [0.2, 0.25) is 0 Å². The highest BCUT2D eigenvalue weighted by Gasteiger charge is 2.16. The lowest BCUT2D eigenvalue weighted by Gasteiger charge is -2.09. The van der Waals surface area contributed by atoms with E-state index in [1.807, 2.05) is 17.6 Å². The first-order valence-corrected chi connectivity index (χ1v) is 7.45. The standard InChI is InChI=1S/C15H22N4O2/c1-4-7-8-9-10-17-11-16-13-12(17)14(20)19(6-3)15(21)18(13)5-2/h4,11H,1,5-10H2,2-3H3. The number of allylic oxidation sites excluding steroid dienone is 1. The van der Waals surface area contributed by atoms with Gasteiger partial charge in [0.2, 0.25) is 0 Å². The summed E-state index contributed by atoms with van der Waals surface area (Å²) in [5, 5.41) is 0. The lowest BCUT2D eigenvalue weighted by Crippen LogP contribution is -2.40. The van der Waals surface area contributed by atoms with Crippen LogP contribution in [0.1, 0.15) is 33.1 Å². The van der Waals surface area contributed by atoms with E-state index in [4.69, 9.17) is 0 Å². The SMILES string of the molecule is C=CCCCCn1cnc2c1c(=O)n(CC)c(=O)n2CC. The molecule has 0 aromatic carbocycles. The summed E-state index contributed by atoms with van der Waals surface area (Å²) in [5.74, 6) is 0. The second kappa shape index (κ2) is 6.56. The Morgan fingerprint density at radius 3 is 2.52 bits per heavy atom. The van der Waals surface area contributed by atoms with Crippen LogP contribution in [0.25, 0.3) is 11.2 Å². The molecule has 0 saturated carbocycles. The van der Waals surface area contributed by atoms with Crippen LogP contribution < -0.4 is 11.2 Å². The summed E-state index contributed by atoms with van der Waals surface area (Å²) in [6.45, 7) is 8.99. The Bertz CT molecular complexity index is 751. The second-order valence-electron chi connectivity index (χ2n) is 4.97. The molecule has 2 aromatic rings. The van der Waals surface area contributed by atoms with Crippen molar-refractivity contribution in [2.24, 2.45) is 0 Å². The van der Waals surface area contributed by atoms with E-state index in [0.29, 0.717) is 24.3 Å². The molecule has 0 bridgehead atoms. The molecule has 0 unspecified atom stereocenters. The summed E-state index contributed by atoms with van der Waals surface area (Å²) >= 11 is 0. The molecule has 0 atom stereocenters. The van der Waals surface area contributed by atoms with Gasteiger partial charge < -0.3 is 4.57 Å². The zero-order valence-corrected chi connectivity index (χ0v) is 12.7. The predicted octanol–water partition coefficient (Wildman–Crippen LogP) is 1.76. The smallest absolute Gasteiger partial charge is 0.325 e. The number of imidazole rings is 1. The number of unbranched alkanes of at least 4 members (excludes halogenated alkanes) is 2. The van der Waals surface area contributed by atoms with Crippen molar-refractivity contribution in [2.45, 2.75) is 52.7 Å². The van der Waals surface area contributed by atoms with Gasteiger partial charge >= 0.3 is 5.69 Å². The van der Waals surface area contributed by atoms with Gasteiger partial charge in [-0.25, -0.2) is 9.78 Å². The highest BCUT2D eigenvalue weighted by Crippen LogP contribution is 2.09. The minimum atomic E-state index is -0.283. The molecule has 0 aliphatic rings. The van der Waals surface area contributed by atoms with Crippen molar-refractivity contribution in [1.82, 2.24) is 18.7 Å². The van der Waals surface area contributed by atoms with Gasteiger partial charge in [-0.1, -0.05) is 6.08 Å². The maximum absolute atomic E-state index is 12.5. The minimum Gasteiger partial charge on any atom is -0.325 e. The van der Waals surface area contributed by atoms with Crippen LogP contribution in [0.5, 0.6) is 0 Å². The van der Waals surface area contributed by atoms with Crippen molar-refractivity contribution < 1.29 is 0 Å². The zero-order valence-electron chi connectivity index (χ0n) is 12.7. The quantitative estimate of drug-likeness (QED) is 0.576. The Balaban J connectivity index is 2.53. The number of nitrogens with zero attached hydrogens (tertiary/aromatic N) is 4. The third-order valence-corrected chi connectivity index (χ3v) is 3.67. The zero-order chi connectivity index (χ0) is 15.4. The molecule has 0 aliphatic carbocycles. The fraction of sp³-hybridized carbons (Fsp3) is 0.533. The van der Waals surface area contributed by atoms with Crippen LogP contribution in [0.15, 0.2) is 28.6 Å². The monoisotopic (exact) mass is 290 g/mol. The minimum absolute atomic E-state index is 0.247. The van der Waals surface area contributed by atoms with E-state index in [-0.39, 0.29) is 11.2 Å². The van der Waals surface area contributed by atoms with Gasteiger partial charge in [-0.2, -0.15) is 0 Å². The van der Waals surface area contributed by atoms with Crippen LogP contribution in [-0.4, -0.2) is 18.7 Å². The third-order valence-electron chi connectivity index (χ3n) is 3.67. The predicted molar refractivity (Wildman–Crippen MR) is 83.6 cm³/mol. The van der Waals surface area contributed by atoms with Crippen molar-refractivity contribution in [1.29, 1.82) is 0 Å². The third kappa shape index (κ3) is 2.70. The van der Waals surface area contributed by atoms with Gasteiger partial charge in [0, 0.05) is 19.6 Å². The first-order valence-electron chi connectivity index (χ1n) is 7.45. The van der Waals surface area contributed by atoms with Crippen LogP contribution in [-0.2, 0) is 19.6 Å². The van der Waals surface area contributed by atoms with Crippen molar-refractivity contribution in [2.75, 3.05) is 0 Å². The highest BCUT2D eigenvalue weighted by atomic mass is 16.2. The Labute approximate surface area is 123 Å². The molecule has 0 aliphatic heterocycles. The lowest BCUT2D eigenvalue weighted by molar-refractivity contribution is 0.594. The van der Waals surface area contributed by atoms with E-state index >= 15 is 0 Å². The van der Waals surface area contributed by atoms with Crippen molar-refractivity contribution in [3.05, 3.63) is 39.8 Å². The number of aromatic nitrogens is 4. The van der Waals surface area contributed by atoms with Gasteiger partial charge in [0.15, 0.2) is 11.2 Å². The van der Waals surface area contributed by atoms with E-state index in [0.717, 1.165) is 25.8 Å². The van der Waals surface area contributed by atoms with Gasteiger partial charge in [0.1, 0.15) is 0 Å². The van der Waals surface area contributed by atoms with Crippen molar-refractivity contribution in [3.63, 3.8) is 0 Å². The molecule has 114 valence electrons. The summed E-state index contributed by atoms with van der Waals surface area (Å²) in [6.07, 6.45) is 6.49. The molecule has 0 saturated heterocycles. The van der Waals surface area contributed by atoms with Crippen LogP contribution in [0, 0.1) is 0 Å². The number of hydrogen-bond donors (Lipinski definition) is 0. The number of fused-ring (bicyclic) bond motifs is 1. The largest absolute Gasteiger partial charge is 0.332 e. The second-order valence-corrected chi connectivity index (χ2v) is 4.97. The number of hydrogen-bond acceptors (Lipinski definition) is 3. The number of aryl methyl sites for hydroxylation is 2. The van der Waals surface area contributed by atoms with Crippen LogP contribution in [0.3, 0.4) is 0 Å². The molecule has 6 heteroatoms. The van der Waals surface area contributed by atoms with E-state index in [1.165, 1.54) is 4.57 Å². The van der Waals surface area contributed by atoms with E-state index < -0.39 is 0 Å². The lowest BCUT2D eigenvalue weighted by atomic mass is 10.2. The highest BCUT2D eigenvalue weighted by molar-refractivity contribution is 5.70. The number of rotatable bonds is 7. The molecule has 2 aromatic heterocycles. The summed E-state index contributed by atoms with van der Waals surface area (Å²) in [7, 11) is 0. The molecule has 0 spiro atoms. The first kappa shape index (κ1) is 15.3. The normalized spacial score (nSPS) is 11.1. The molecular weight excluding hydrogens is 268 g/mol. The maximum atomic E-state index is 12.5. The van der Waals surface area contributed by atoms with Crippen molar-refractivity contribution >= 4 is 11.2 Å². The summed E-state index contributed by atoms with van der Waals surface area (Å²) in [4.78, 5) is 29.0. The fourth-order valence-corrected chi connectivity index (χ4v) is 2.54.